The van der Waals surface area contributed by atoms with Crippen LogP contribution in [-0.2, 0) is 0 Å². The Hall–Kier alpha value is -0.230. The molecule has 0 aromatic heterocycles. The van der Waals surface area contributed by atoms with Crippen LogP contribution in [-0.4, -0.2) is 16.3 Å². The van der Waals surface area contributed by atoms with Gasteiger partial charge in [0, 0.05) is 17.0 Å². The second-order valence-corrected chi connectivity index (χ2v) is 2.94. The number of thioether (sulfide) groups is 1. The zero-order valence-electron chi connectivity index (χ0n) is 7.47. The van der Waals surface area contributed by atoms with Crippen LogP contribution < -0.4 is 29.6 Å². The van der Waals surface area contributed by atoms with Gasteiger partial charge in [-0.15, -0.1) is 11.8 Å². The van der Waals surface area contributed by atoms with E-state index in [-0.39, 0.29) is 34.4 Å². The van der Waals surface area contributed by atoms with Gasteiger partial charge >= 0.3 is 29.6 Å². The molecule has 0 aliphatic rings. The van der Waals surface area contributed by atoms with E-state index in [4.69, 9.17) is 5.21 Å². The molecule has 1 aromatic rings. The van der Waals surface area contributed by atoms with E-state index < -0.39 is 0 Å². The average Bonchev–Trinajstić information content (AvgIpc) is 2.17. The van der Waals surface area contributed by atoms with Crippen molar-refractivity contribution < 1.29 is 39.6 Å². The summed E-state index contributed by atoms with van der Waals surface area (Å²) < 4.78 is 0. The Morgan fingerprint density at radius 2 is 1.92 bits per heavy atom. The average molecular weight is 207 g/mol. The molecule has 0 bridgehead atoms. The molecule has 1 N–H and O–H groups in total. The van der Waals surface area contributed by atoms with Gasteiger partial charge in [0.25, 0.3) is 0 Å². The van der Waals surface area contributed by atoms with Gasteiger partial charge in [0.15, 0.2) is 0 Å². The first-order chi connectivity index (χ1) is 5.77. The van der Waals surface area contributed by atoms with Gasteiger partial charge in [0.1, 0.15) is 0 Å². The first-order valence-electron chi connectivity index (χ1n) is 3.24. The van der Waals surface area contributed by atoms with Crippen LogP contribution in [0.2, 0.25) is 0 Å². The van der Waals surface area contributed by atoms with E-state index in [0.717, 1.165) is 4.90 Å². The van der Waals surface area contributed by atoms with Crippen molar-refractivity contribution in [3.8, 4) is 0 Å². The summed E-state index contributed by atoms with van der Waals surface area (Å²) in [7, 11) is 0. The van der Waals surface area contributed by atoms with Crippen molar-refractivity contribution in [2.45, 2.75) is 4.90 Å². The zero-order chi connectivity index (χ0) is 8.97. The number of hydrogen-bond acceptors (Lipinski definition) is 3. The van der Waals surface area contributed by atoms with Crippen LogP contribution in [0.4, 0.5) is 5.69 Å². The zero-order valence-corrected chi connectivity index (χ0v) is 10.3. The molecule has 1 rings (SSSR count). The fourth-order valence-electron chi connectivity index (χ4n) is 0.761. The van der Waals surface area contributed by atoms with Gasteiger partial charge in [-0.3, -0.25) is 0 Å². The summed E-state index contributed by atoms with van der Waals surface area (Å²) in [4.78, 5) is 1.22. The summed E-state index contributed by atoms with van der Waals surface area (Å²) in [5.41, 5.74) is 0.315. The maximum atomic E-state index is 10.7. The number of hydrogen-bond donors (Lipinski definition) is 1. The predicted molar refractivity (Wildman–Crippen MR) is 45.7 cm³/mol. The third-order valence-electron chi connectivity index (χ3n) is 1.37. The third kappa shape index (κ3) is 3.56. The summed E-state index contributed by atoms with van der Waals surface area (Å²) >= 11 is 1.58. The summed E-state index contributed by atoms with van der Waals surface area (Å²) in [6.45, 7) is 0. The molecule has 13 heavy (non-hydrogen) atoms. The van der Waals surface area contributed by atoms with Crippen molar-refractivity contribution in [3.63, 3.8) is 0 Å². The molecular formula is C7H8N2NaO2S+. The van der Waals surface area contributed by atoms with Gasteiger partial charge < -0.3 is 10.4 Å². The van der Waals surface area contributed by atoms with E-state index in [1.54, 1.807) is 36.0 Å². The topological polar surface area (TPSA) is 58.7 Å². The standard InChI is InChI=1S/C7H8N2O2S.Na/c1-12-7-4-2-6(3-5-7)9(11)8-10;/h2-5,10H,1H3;/q;+1. The minimum absolute atomic E-state index is 0. The summed E-state index contributed by atoms with van der Waals surface area (Å²) in [6.07, 6.45) is 1.94. The molecule has 0 unspecified atom stereocenters. The molecule has 0 spiro atoms. The Balaban J connectivity index is 0.00000144. The fraction of sp³-hybridized carbons (Fsp3) is 0.143. The Labute approximate surface area is 102 Å². The summed E-state index contributed by atoms with van der Waals surface area (Å²) in [6, 6.07) is 6.77. The van der Waals surface area contributed by atoms with Crippen LogP contribution in [0.5, 0.6) is 0 Å². The Bertz CT molecular complexity index is 289. The molecule has 0 heterocycles. The quantitative estimate of drug-likeness (QED) is 0.231. The Morgan fingerprint density at radius 3 is 2.31 bits per heavy atom. The van der Waals surface area contributed by atoms with Crippen molar-refractivity contribution in [2.75, 3.05) is 6.26 Å². The first kappa shape index (κ1) is 12.8. The van der Waals surface area contributed by atoms with Crippen molar-refractivity contribution in [1.29, 1.82) is 0 Å². The molecule has 0 radical (unpaired) electrons. The smallest absolute Gasteiger partial charge is 0.592 e. The number of rotatable bonds is 2. The molecule has 0 aliphatic carbocycles. The molecule has 6 heteroatoms. The summed E-state index contributed by atoms with van der Waals surface area (Å²) in [5, 5.41) is 21.3. The minimum atomic E-state index is 0. The van der Waals surface area contributed by atoms with E-state index in [1.807, 2.05) is 6.26 Å². The van der Waals surface area contributed by atoms with Gasteiger partial charge in [-0.25, -0.2) is 0 Å². The number of benzene rings is 1. The summed E-state index contributed by atoms with van der Waals surface area (Å²) in [5.74, 6) is 0. The van der Waals surface area contributed by atoms with Crippen molar-refractivity contribution in [3.05, 3.63) is 29.5 Å². The van der Waals surface area contributed by atoms with Crippen LogP contribution in [0.25, 0.3) is 0 Å². The van der Waals surface area contributed by atoms with Gasteiger partial charge in [-0.05, 0) is 23.2 Å². The molecule has 0 saturated carbocycles. The third-order valence-corrected chi connectivity index (χ3v) is 2.12. The predicted octanol–water partition coefficient (Wildman–Crippen LogP) is -0.604. The Morgan fingerprint density at radius 1 is 1.38 bits per heavy atom. The first-order valence-corrected chi connectivity index (χ1v) is 4.46. The maximum Gasteiger partial charge on any atom is 1.00 e. The molecule has 0 amide bonds. The van der Waals surface area contributed by atoms with Crippen LogP contribution in [0.3, 0.4) is 0 Å². The van der Waals surface area contributed by atoms with E-state index in [9.17, 15) is 5.21 Å². The Kier molecular flexibility index (Phi) is 6.15. The van der Waals surface area contributed by atoms with Crippen molar-refractivity contribution in [2.24, 2.45) is 5.28 Å². The fourth-order valence-corrected chi connectivity index (χ4v) is 1.17. The molecule has 0 saturated heterocycles. The molecule has 64 valence electrons. The van der Waals surface area contributed by atoms with Crippen molar-refractivity contribution >= 4 is 17.4 Å². The van der Waals surface area contributed by atoms with Crippen LogP contribution in [0, 0.1) is 5.21 Å². The van der Waals surface area contributed by atoms with E-state index in [1.165, 1.54) is 0 Å². The van der Waals surface area contributed by atoms with E-state index >= 15 is 0 Å². The van der Waals surface area contributed by atoms with Crippen molar-refractivity contribution in [1.82, 2.24) is 0 Å². The molecule has 1 aromatic carbocycles. The second kappa shape index (κ2) is 6.26. The van der Waals surface area contributed by atoms with Crippen LogP contribution in [0.1, 0.15) is 0 Å². The van der Waals surface area contributed by atoms with Gasteiger partial charge in [0.05, 0.1) is 0 Å². The largest absolute Gasteiger partial charge is 1.00 e. The van der Waals surface area contributed by atoms with E-state index in [2.05, 4.69) is 5.28 Å². The molecule has 0 fully saturated rings. The SMILES string of the molecule is CSc1ccc([N+]([O-])=NO)cc1.[Na+]. The second-order valence-electron chi connectivity index (χ2n) is 2.06. The van der Waals surface area contributed by atoms with Gasteiger partial charge in [-0.1, -0.05) is 0 Å². The normalized spacial score (nSPS) is 10.7. The van der Waals surface area contributed by atoms with E-state index in [0.29, 0.717) is 5.69 Å². The van der Waals surface area contributed by atoms with Crippen LogP contribution >= 0.6 is 11.8 Å². The van der Waals surface area contributed by atoms with Gasteiger partial charge in [-0.2, -0.15) is 0 Å². The van der Waals surface area contributed by atoms with Gasteiger partial charge in [0.2, 0.25) is 11.0 Å². The molecule has 4 nitrogen and oxygen atoms in total. The molecular weight excluding hydrogens is 199 g/mol. The molecule has 0 atom stereocenters. The molecule has 0 aliphatic heterocycles. The van der Waals surface area contributed by atoms with Crippen LogP contribution in [0.15, 0.2) is 34.4 Å². The number of nitrogens with zero attached hydrogens (tertiary/aromatic N) is 2. The maximum absolute atomic E-state index is 10.7. The monoisotopic (exact) mass is 207 g/mol. The minimum Gasteiger partial charge on any atom is -0.592 e.